The highest BCUT2D eigenvalue weighted by Crippen LogP contribution is 2.26. The SMILES string of the molecule is COC(=O)[C@@H](N)c1ccc(N(C)C)cc1Cl. The van der Waals surface area contributed by atoms with Crippen LogP contribution in [0.5, 0.6) is 0 Å². The molecular formula is C11H15ClN2O2. The number of hydrogen-bond donors (Lipinski definition) is 1. The summed E-state index contributed by atoms with van der Waals surface area (Å²) in [6.07, 6.45) is 0. The number of anilines is 1. The number of ether oxygens (including phenoxy) is 1. The van der Waals surface area contributed by atoms with E-state index in [0.717, 1.165) is 5.69 Å². The molecule has 1 atom stereocenters. The number of carbonyl (C=O) groups is 1. The summed E-state index contributed by atoms with van der Waals surface area (Å²) in [6, 6.07) is 4.51. The number of rotatable bonds is 3. The highest BCUT2D eigenvalue weighted by molar-refractivity contribution is 6.32. The van der Waals surface area contributed by atoms with Crippen LogP contribution >= 0.6 is 11.6 Å². The van der Waals surface area contributed by atoms with Gasteiger partial charge in [-0.05, 0) is 17.7 Å². The van der Waals surface area contributed by atoms with Crippen LogP contribution in [-0.4, -0.2) is 27.2 Å². The van der Waals surface area contributed by atoms with Crippen LogP contribution in [0.25, 0.3) is 0 Å². The Balaban J connectivity index is 3.03. The van der Waals surface area contributed by atoms with Gasteiger partial charge >= 0.3 is 5.97 Å². The molecule has 88 valence electrons. The minimum Gasteiger partial charge on any atom is -0.468 e. The smallest absolute Gasteiger partial charge is 0.327 e. The molecule has 0 unspecified atom stereocenters. The van der Waals surface area contributed by atoms with Crippen LogP contribution in [0.2, 0.25) is 5.02 Å². The number of hydrogen-bond acceptors (Lipinski definition) is 4. The number of carbonyl (C=O) groups excluding carboxylic acids is 1. The van der Waals surface area contributed by atoms with Gasteiger partial charge in [0.1, 0.15) is 6.04 Å². The van der Waals surface area contributed by atoms with E-state index < -0.39 is 12.0 Å². The van der Waals surface area contributed by atoms with Gasteiger partial charge in [0.15, 0.2) is 0 Å². The van der Waals surface area contributed by atoms with Gasteiger partial charge in [-0.15, -0.1) is 0 Å². The molecule has 2 N–H and O–H groups in total. The molecule has 0 amide bonds. The number of nitrogens with zero attached hydrogens (tertiary/aromatic N) is 1. The number of nitrogens with two attached hydrogens (primary N) is 1. The Bertz CT molecular complexity index is 394. The van der Waals surface area contributed by atoms with Gasteiger partial charge in [-0.3, -0.25) is 4.79 Å². The molecule has 1 aromatic carbocycles. The van der Waals surface area contributed by atoms with Gasteiger partial charge in [-0.1, -0.05) is 17.7 Å². The van der Waals surface area contributed by atoms with Crippen LogP contribution in [0.1, 0.15) is 11.6 Å². The summed E-state index contributed by atoms with van der Waals surface area (Å²) in [7, 11) is 5.11. The Hall–Kier alpha value is -1.26. The Labute approximate surface area is 99.9 Å². The molecule has 16 heavy (non-hydrogen) atoms. The summed E-state index contributed by atoms with van der Waals surface area (Å²) in [5, 5.41) is 0.462. The normalized spacial score (nSPS) is 12.1. The third kappa shape index (κ3) is 2.65. The van der Waals surface area contributed by atoms with Crippen molar-refractivity contribution in [3.63, 3.8) is 0 Å². The first kappa shape index (κ1) is 12.8. The zero-order chi connectivity index (χ0) is 12.3. The van der Waals surface area contributed by atoms with E-state index in [2.05, 4.69) is 4.74 Å². The van der Waals surface area contributed by atoms with Crippen molar-refractivity contribution in [2.75, 3.05) is 26.1 Å². The summed E-state index contributed by atoms with van der Waals surface area (Å²) in [4.78, 5) is 13.2. The molecular weight excluding hydrogens is 228 g/mol. The molecule has 0 aromatic heterocycles. The monoisotopic (exact) mass is 242 g/mol. The lowest BCUT2D eigenvalue weighted by molar-refractivity contribution is -0.142. The molecule has 0 radical (unpaired) electrons. The Kier molecular flexibility index (Phi) is 4.15. The molecule has 0 fully saturated rings. The van der Waals surface area contributed by atoms with E-state index in [4.69, 9.17) is 17.3 Å². The van der Waals surface area contributed by atoms with Gasteiger partial charge in [0.25, 0.3) is 0 Å². The highest BCUT2D eigenvalue weighted by Gasteiger charge is 2.19. The van der Waals surface area contributed by atoms with Crippen molar-refractivity contribution in [2.45, 2.75) is 6.04 Å². The van der Waals surface area contributed by atoms with Gasteiger partial charge in [-0.25, -0.2) is 0 Å². The lowest BCUT2D eigenvalue weighted by Gasteiger charge is -2.16. The fraction of sp³-hybridized carbons (Fsp3) is 0.364. The topological polar surface area (TPSA) is 55.6 Å². The van der Waals surface area contributed by atoms with Gasteiger partial charge in [0.2, 0.25) is 0 Å². The average Bonchev–Trinajstić information content (AvgIpc) is 2.26. The largest absolute Gasteiger partial charge is 0.468 e. The molecule has 1 rings (SSSR count). The molecule has 0 aliphatic heterocycles. The van der Waals surface area contributed by atoms with Gasteiger partial charge < -0.3 is 15.4 Å². The second kappa shape index (κ2) is 5.18. The first-order chi connectivity index (χ1) is 7.47. The molecule has 1 aromatic rings. The van der Waals surface area contributed by atoms with Crippen LogP contribution < -0.4 is 10.6 Å². The van der Waals surface area contributed by atoms with Gasteiger partial charge in [0, 0.05) is 24.8 Å². The molecule has 0 aliphatic rings. The standard InChI is InChI=1S/C11H15ClN2O2/c1-14(2)7-4-5-8(9(12)6-7)10(13)11(15)16-3/h4-6,10H,13H2,1-3H3/t10-/m0/s1. The highest BCUT2D eigenvalue weighted by atomic mass is 35.5. The summed E-state index contributed by atoms with van der Waals surface area (Å²) in [5.74, 6) is -0.500. The van der Waals surface area contributed by atoms with Crippen molar-refractivity contribution in [3.8, 4) is 0 Å². The Morgan fingerprint density at radius 1 is 1.50 bits per heavy atom. The lowest BCUT2D eigenvalue weighted by atomic mass is 10.1. The number of esters is 1. The fourth-order valence-corrected chi connectivity index (χ4v) is 1.59. The fourth-order valence-electron chi connectivity index (χ4n) is 1.30. The third-order valence-corrected chi connectivity index (χ3v) is 2.62. The molecule has 0 saturated carbocycles. The number of methoxy groups -OCH3 is 1. The second-order valence-corrected chi connectivity index (χ2v) is 4.01. The Morgan fingerprint density at radius 3 is 2.56 bits per heavy atom. The van der Waals surface area contributed by atoms with Crippen LogP contribution in [0, 0.1) is 0 Å². The maximum Gasteiger partial charge on any atom is 0.327 e. The van der Waals surface area contributed by atoms with E-state index in [1.54, 1.807) is 12.1 Å². The lowest BCUT2D eigenvalue weighted by Crippen LogP contribution is -2.23. The zero-order valence-electron chi connectivity index (χ0n) is 9.53. The molecule has 0 heterocycles. The number of halogens is 1. The number of benzene rings is 1. The first-order valence-electron chi connectivity index (χ1n) is 4.77. The quantitative estimate of drug-likeness (QED) is 0.818. The molecule has 0 bridgehead atoms. The van der Waals surface area contributed by atoms with E-state index in [1.807, 2.05) is 25.1 Å². The summed E-state index contributed by atoms with van der Waals surface area (Å²) >= 11 is 6.05. The minimum absolute atomic E-state index is 0.462. The maximum atomic E-state index is 11.3. The molecule has 0 aliphatic carbocycles. The van der Waals surface area contributed by atoms with E-state index in [-0.39, 0.29) is 0 Å². The van der Waals surface area contributed by atoms with Gasteiger partial charge in [0.05, 0.1) is 7.11 Å². The minimum atomic E-state index is -0.839. The molecule has 0 spiro atoms. The second-order valence-electron chi connectivity index (χ2n) is 3.60. The van der Waals surface area contributed by atoms with Crippen molar-refractivity contribution in [3.05, 3.63) is 28.8 Å². The molecule has 4 nitrogen and oxygen atoms in total. The van der Waals surface area contributed by atoms with Crippen LogP contribution in [0.3, 0.4) is 0 Å². The predicted octanol–water partition coefficient (Wildman–Crippen LogP) is 1.58. The van der Waals surface area contributed by atoms with Crippen molar-refractivity contribution in [1.82, 2.24) is 0 Å². The van der Waals surface area contributed by atoms with E-state index in [9.17, 15) is 4.79 Å². The summed E-state index contributed by atoms with van der Waals surface area (Å²) in [5.41, 5.74) is 7.22. The van der Waals surface area contributed by atoms with Crippen LogP contribution in [0.15, 0.2) is 18.2 Å². The maximum absolute atomic E-state index is 11.3. The summed E-state index contributed by atoms with van der Waals surface area (Å²) in [6.45, 7) is 0. The van der Waals surface area contributed by atoms with Crippen molar-refractivity contribution in [1.29, 1.82) is 0 Å². The molecule has 5 heteroatoms. The average molecular weight is 243 g/mol. The van der Waals surface area contributed by atoms with E-state index >= 15 is 0 Å². The zero-order valence-corrected chi connectivity index (χ0v) is 10.3. The van der Waals surface area contributed by atoms with Crippen molar-refractivity contribution < 1.29 is 9.53 Å². The third-order valence-electron chi connectivity index (χ3n) is 2.29. The Morgan fingerprint density at radius 2 is 2.12 bits per heavy atom. The first-order valence-corrected chi connectivity index (χ1v) is 5.15. The van der Waals surface area contributed by atoms with Crippen LogP contribution in [0.4, 0.5) is 5.69 Å². The van der Waals surface area contributed by atoms with Crippen LogP contribution in [-0.2, 0) is 9.53 Å². The van der Waals surface area contributed by atoms with E-state index in [1.165, 1.54) is 7.11 Å². The van der Waals surface area contributed by atoms with Crippen molar-refractivity contribution >= 4 is 23.3 Å². The summed E-state index contributed by atoms with van der Waals surface area (Å²) < 4.78 is 4.57. The van der Waals surface area contributed by atoms with Gasteiger partial charge in [-0.2, -0.15) is 0 Å². The molecule has 0 saturated heterocycles. The van der Waals surface area contributed by atoms with Crippen molar-refractivity contribution in [2.24, 2.45) is 5.73 Å². The predicted molar refractivity (Wildman–Crippen MR) is 64.7 cm³/mol. The van der Waals surface area contributed by atoms with E-state index in [0.29, 0.717) is 10.6 Å².